The molecule has 0 unspecified atom stereocenters. The number of ether oxygens (including phenoxy) is 1. The Morgan fingerprint density at radius 1 is 1.04 bits per heavy atom. The molecular weight excluding hydrogens is 322 g/mol. The predicted molar refractivity (Wildman–Crippen MR) is 108 cm³/mol. The summed E-state index contributed by atoms with van der Waals surface area (Å²) in [4.78, 5) is 12.4. The number of amides is 1. The Bertz CT molecular complexity index is 672. The molecule has 0 saturated heterocycles. The molecule has 0 radical (unpaired) electrons. The van der Waals surface area contributed by atoms with Crippen LogP contribution < -0.4 is 10.1 Å². The van der Waals surface area contributed by atoms with Gasteiger partial charge in [-0.05, 0) is 47.9 Å². The topological polar surface area (TPSA) is 38.3 Å². The van der Waals surface area contributed by atoms with Crippen molar-refractivity contribution in [3.05, 3.63) is 65.7 Å². The van der Waals surface area contributed by atoms with Gasteiger partial charge < -0.3 is 10.1 Å². The summed E-state index contributed by atoms with van der Waals surface area (Å²) in [6.07, 6.45) is 2.08. The largest absolute Gasteiger partial charge is 0.481 e. The molecule has 140 valence electrons. The van der Waals surface area contributed by atoms with Gasteiger partial charge in [0.25, 0.3) is 5.91 Å². The number of rotatable bonds is 8. The van der Waals surface area contributed by atoms with E-state index >= 15 is 0 Å². The summed E-state index contributed by atoms with van der Waals surface area (Å²) in [5.41, 5.74) is 2.66. The highest BCUT2D eigenvalue weighted by atomic mass is 16.5. The van der Waals surface area contributed by atoms with Crippen LogP contribution in [0.25, 0.3) is 0 Å². The normalized spacial score (nSPS) is 12.5. The van der Waals surface area contributed by atoms with Crippen molar-refractivity contribution in [1.29, 1.82) is 0 Å². The molecule has 3 heteroatoms. The van der Waals surface area contributed by atoms with E-state index < -0.39 is 6.10 Å². The first-order chi connectivity index (χ1) is 12.4. The van der Waals surface area contributed by atoms with E-state index in [1.807, 2.05) is 37.3 Å². The average molecular weight is 354 g/mol. The maximum Gasteiger partial charge on any atom is 0.261 e. The Kier molecular flexibility index (Phi) is 7.26. The number of nitrogens with one attached hydrogen (secondary N) is 1. The SMILES string of the molecule is CC[C@@H](Oc1ccc(C(C)(C)C)cc1)C(=O)NCCCc1ccccc1. The first-order valence-electron chi connectivity index (χ1n) is 9.49. The van der Waals surface area contributed by atoms with Crippen LogP contribution in [0.4, 0.5) is 0 Å². The van der Waals surface area contributed by atoms with Crippen LogP contribution in [0.5, 0.6) is 5.75 Å². The minimum absolute atomic E-state index is 0.0412. The van der Waals surface area contributed by atoms with E-state index in [9.17, 15) is 4.79 Å². The zero-order chi connectivity index (χ0) is 19.0. The third kappa shape index (κ3) is 6.21. The van der Waals surface area contributed by atoms with Crippen LogP contribution in [0.1, 0.15) is 51.7 Å². The van der Waals surface area contributed by atoms with Crippen molar-refractivity contribution in [3.63, 3.8) is 0 Å². The number of hydrogen-bond acceptors (Lipinski definition) is 2. The number of aryl methyl sites for hydroxylation is 1. The number of benzene rings is 2. The van der Waals surface area contributed by atoms with Gasteiger partial charge in [-0.2, -0.15) is 0 Å². The smallest absolute Gasteiger partial charge is 0.261 e. The van der Waals surface area contributed by atoms with Crippen molar-refractivity contribution in [2.24, 2.45) is 0 Å². The monoisotopic (exact) mass is 353 g/mol. The van der Waals surface area contributed by atoms with Gasteiger partial charge in [0.05, 0.1) is 0 Å². The van der Waals surface area contributed by atoms with Crippen molar-refractivity contribution in [2.45, 2.75) is 58.5 Å². The lowest BCUT2D eigenvalue weighted by atomic mass is 9.87. The van der Waals surface area contributed by atoms with Gasteiger partial charge in [-0.15, -0.1) is 0 Å². The number of carbonyl (C=O) groups excluding carboxylic acids is 1. The van der Waals surface area contributed by atoms with E-state index in [1.54, 1.807) is 0 Å². The molecule has 3 nitrogen and oxygen atoms in total. The lowest BCUT2D eigenvalue weighted by Crippen LogP contribution is -2.38. The fourth-order valence-corrected chi connectivity index (χ4v) is 2.78. The Balaban J connectivity index is 1.80. The molecule has 26 heavy (non-hydrogen) atoms. The second kappa shape index (κ2) is 9.42. The number of carbonyl (C=O) groups is 1. The first-order valence-corrected chi connectivity index (χ1v) is 9.49. The van der Waals surface area contributed by atoms with Crippen molar-refractivity contribution in [1.82, 2.24) is 5.32 Å². The van der Waals surface area contributed by atoms with Crippen LogP contribution >= 0.6 is 0 Å². The predicted octanol–water partition coefficient (Wildman–Crippen LogP) is 4.89. The van der Waals surface area contributed by atoms with Crippen molar-refractivity contribution < 1.29 is 9.53 Å². The van der Waals surface area contributed by atoms with Gasteiger partial charge in [0.1, 0.15) is 5.75 Å². The molecule has 1 N–H and O–H groups in total. The van der Waals surface area contributed by atoms with Crippen LogP contribution in [-0.2, 0) is 16.6 Å². The van der Waals surface area contributed by atoms with Crippen molar-refractivity contribution >= 4 is 5.91 Å². The van der Waals surface area contributed by atoms with Crippen LogP contribution in [0.3, 0.4) is 0 Å². The minimum atomic E-state index is -0.452. The molecule has 1 amide bonds. The Morgan fingerprint density at radius 3 is 2.27 bits per heavy atom. The molecule has 0 heterocycles. The summed E-state index contributed by atoms with van der Waals surface area (Å²) in [5.74, 6) is 0.699. The highest BCUT2D eigenvalue weighted by Gasteiger charge is 2.18. The highest BCUT2D eigenvalue weighted by molar-refractivity contribution is 5.81. The summed E-state index contributed by atoms with van der Waals surface area (Å²) < 4.78 is 5.90. The summed E-state index contributed by atoms with van der Waals surface area (Å²) in [6, 6.07) is 18.4. The second-order valence-electron chi connectivity index (χ2n) is 7.67. The molecule has 1 atom stereocenters. The quantitative estimate of drug-likeness (QED) is 0.686. The molecule has 0 aliphatic rings. The fraction of sp³-hybridized carbons (Fsp3) is 0.435. The average Bonchev–Trinajstić information content (AvgIpc) is 2.63. The van der Waals surface area contributed by atoms with Crippen LogP contribution in [0, 0.1) is 0 Å². The molecule has 0 aliphatic carbocycles. The van der Waals surface area contributed by atoms with Crippen LogP contribution in [-0.4, -0.2) is 18.6 Å². The molecule has 0 saturated carbocycles. The van der Waals surface area contributed by atoms with E-state index in [-0.39, 0.29) is 11.3 Å². The highest BCUT2D eigenvalue weighted by Crippen LogP contribution is 2.24. The lowest BCUT2D eigenvalue weighted by Gasteiger charge is -2.21. The van der Waals surface area contributed by atoms with E-state index in [0.29, 0.717) is 13.0 Å². The fourth-order valence-electron chi connectivity index (χ4n) is 2.78. The van der Waals surface area contributed by atoms with E-state index in [4.69, 9.17) is 4.74 Å². The van der Waals surface area contributed by atoms with Gasteiger partial charge >= 0.3 is 0 Å². The van der Waals surface area contributed by atoms with Gasteiger partial charge in [-0.3, -0.25) is 4.79 Å². The first kappa shape index (κ1) is 20.0. The zero-order valence-electron chi connectivity index (χ0n) is 16.4. The molecule has 0 aromatic heterocycles. The summed E-state index contributed by atoms with van der Waals surface area (Å²) in [5, 5.41) is 3.00. The summed E-state index contributed by atoms with van der Waals surface area (Å²) >= 11 is 0. The molecule has 2 aromatic rings. The molecule has 2 aromatic carbocycles. The Morgan fingerprint density at radius 2 is 1.69 bits per heavy atom. The minimum Gasteiger partial charge on any atom is -0.481 e. The molecule has 2 rings (SSSR count). The van der Waals surface area contributed by atoms with Gasteiger partial charge in [-0.1, -0.05) is 70.2 Å². The van der Waals surface area contributed by atoms with E-state index in [2.05, 4.69) is 50.4 Å². The maximum atomic E-state index is 12.4. The molecule has 0 aliphatic heterocycles. The lowest BCUT2D eigenvalue weighted by molar-refractivity contribution is -0.128. The van der Waals surface area contributed by atoms with Crippen molar-refractivity contribution in [2.75, 3.05) is 6.54 Å². The van der Waals surface area contributed by atoms with Gasteiger partial charge in [-0.25, -0.2) is 0 Å². The van der Waals surface area contributed by atoms with Gasteiger partial charge in [0, 0.05) is 6.54 Å². The molecule has 0 spiro atoms. The Labute approximate surface area is 157 Å². The summed E-state index contributed by atoms with van der Waals surface area (Å²) in [6.45, 7) is 9.18. The van der Waals surface area contributed by atoms with Gasteiger partial charge in [0.15, 0.2) is 6.10 Å². The third-order valence-electron chi connectivity index (χ3n) is 4.45. The van der Waals surface area contributed by atoms with Crippen LogP contribution in [0.2, 0.25) is 0 Å². The maximum absolute atomic E-state index is 12.4. The molecule has 0 fully saturated rings. The molecule has 0 bridgehead atoms. The Hall–Kier alpha value is -2.29. The zero-order valence-corrected chi connectivity index (χ0v) is 16.4. The third-order valence-corrected chi connectivity index (χ3v) is 4.45. The summed E-state index contributed by atoms with van der Waals surface area (Å²) in [7, 11) is 0. The van der Waals surface area contributed by atoms with E-state index in [0.717, 1.165) is 18.6 Å². The van der Waals surface area contributed by atoms with Crippen LogP contribution in [0.15, 0.2) is 54.6 Å². The standard InChI is InChI=1S/C23H31NO2/c1-5-21(26-20-15-13-19(14-16-20)23(2,3)4)22(25)24-17-9-12-18-10-7-6-8-11-18/h6-8,10-11,13-16,21H,5,9,12,17H2,1-4H3,(H,24,25)/t21-/m1/s1. The molecular formula is C23H31NO2. The van der Waals surface area contributed by atoms with Gasteiger partial charge in [0.2, 0.25) is 0 Å². The van der Waals surface area contributed by atoms with E-state index in [1.165, 1.54) is 11.1 Å². The second-order valence-corrected chi connectivity index (χ2v) is 7.67. The van der Waals surface area contributed by atoms with Crippen molar-refractivity contribution in [3.8, 4) is 5.75 Å². The number of hydrogen-bond donors (Lipinski definition) is 1.